The van der Waals surface area contributed by atoms with E-state index in [1.807, 2.05) is 0 Å². The van der Waals surface area contributed by atoms with E-state index in [9.17, 15) is 13.2 Å². The van der Waals surface area contributed by atoms with Crippen molar-refractivity contribution < 1.29 is 13.2 Å². The molecule has 5 heteroatoms. The van der Waals surface area contributed by atoms with Crippen LogP contribution < -0.4 is 5.32 Å². The van der Waals surface area contributed by atoms with Crippen LogP contribution in [0.2, 0.25) is 0 Å². The highest BCUT2D eigenvalue weighted by molar-refractivity contribution is 7.91. The monoisotopic (exact) mass is 301 g/mol. The summed E-state index contributed by atoms with van der Waals surface area (Å²) in [4.78, 5) is 12.3. The second-order valence-electron chi connectivity index (χ2n) is 6.51. The third kappa shape index (κ3) is 4.55. The molecule has 2 unspecified atom stereocenters. The van der Waals surface area contributed by atoms with Gasteiger partial charge in [-0.1, -0.05) is 6.42 Å². The van der Waals surface area contributed by atoms with Crippen LogP contribution in [0.15, 0.2) is 0 Å². The fraction of sp³-hybridized carbons (Fsp3) is 0.933. The van der Waals surface area contributed by atoms with Crippen molar-refractivity contribution in [3.63, 3.8) is 0 Å². The molecular formula is C15H27NO3S. The van der Waals surface area contributed by atoms with E-state index in [1.54, 1.807) is 0 Å². The van der Waals surface area contributed by atoms with E-state index in [1.165, 1.54) is 19.1 Å². The molecule has 1 aliphatic heterocycles. The molecule has 4 nitrogen and oxygen atoms in total. The first-order valence-corrected chi connectivity index (χ1v) is 9.84. The van der Waals surface area contributed by atoms with Gasteiger partial charge in [0.15, 0.2) is 0 Å². The molecule has 0 amide bonds. The Morgan fingerprint density at radius 3 is 2.50 bits per heavy atom. The van der Waals surface area contributed by atoms with Crippen molar-refractivity contribution in [3.8, 4) is 0 Å². The number of piperidine rings is 1. The molecule has 2 aliphatic rings. The maximum Gasteiger partial charge on any atom is 0.150 e. The molecule has 0 radical (unpaired) electrons. The maximum atomic E-state index is 12.3. The minimum absolute atomic E-state index is 0.00908. The summed E-state index contributed by atoms with van der Waals surface area (Å²) < 4.78 is 23.3. The third-order valence-corrected chi connectivity index (χ3v) is 6.58. The summed E-state index contributed by atoms with van der Waals surface area (Å²) in [7, 11) is -2.99. The molecule has 2 fully saturated rings. The van der Waals surface area contributed by atoms with E-state index < -0.39 is 9.84 Å². The summed E-state index contributed by atoms with van der Waals surface area (Å²) in [6.07, 6.45) is 8.33. The van der Waals surface area contributed by atoms with E-state index >= 15 is 0 Å². The van der Waals surface area contributed by atoms with Crippen LogP contribution in [-0.2, 0) is 14.6 Å². The lowest BCUT2D eigenvalue weighted by atomic mass is 9.82. The minimum atomic E-state index is -2.99. The molecule has 0 aromatic carbocycles. The highest BCUT2D eigenvalue weighted by atomic mass is 32.2. The first-order valence-electron chi connectivity index (χ1n) is 7.89. The average molecular weight is 301 g/mol. The molecule has 0 aromatic rings. The van der Waals surface area contributed by atoms with Gasteiger partial charge in [-0.05, 0) is 57.5 Å². The van der Waals surface area contributed by atoms with Crippen molar-refractivity contribution in [1.82, 2.24) is 5.32 Å². The molecule has 1 saturated carbocycles. The van der Waals surface area contributed by atoms with E-state index in [2.05, 4.69) is 5.32 Å². The molecule has 0 bridgehead atoms. The van der Waals surface area contributed by atoms with Gasteiger partial charge in [-0.2, -0.15) is 0 Å². The van der Waals surface area contributed by atoms with Crippen molar-refractivity contribution in [2.75, 3.05) is 19.3 Å². The van der Waals surface area contributed by atoms with Crippen molar-refractivity contribution in [3.05, 3.63) is 0 Å². The fourth-order valence-electron chi connectivity index (χ4n) is 3.55. The van der Waals surface area contributed by atoms with Gasteiger partial charge < -0.3 is 5.32 Å². The van der Waals surface area contributed by atoms with Crippen LogP contribution in [-0.4, -0.2) is 38.8 Å². The number of hydrogen-bond donors (Lipinski definition) is 1. The zero-order valence-corrected chi connectivity index (χ0v) is 13.3. The van der Waals surface area contributed by atoms with Gasteiger partial charge in [-0.25, -0.2) is 8.42 Å². The molecule has 0 spiro atoms. The first-order chi connectivity index (χ1) is 9.47. The van der Waals surface area contributed by atoms with Crippen LogP contribution in [0.25, 0.3) is 0 Å². The summed E-state index contributed by atoms with van der Waals surface area (Å²) in [5.74, 6) is 0.969. The topological polar surface area (TPSA) is 63.2 Å². The predicted octanol–water partition coefficient (Wildman–Crippen LogP) is 1.94. The number of rotatable bonds is 5. The number of ketones is 1. The van der Waals surface area contributed by atoms with Gasteiger partial charge >= 0.3 is 0 Å². The maximum absolute atomic E-state index is 12.3. The Hall–Kier alpha value is -0.420. The van der Waals surface area contributed by atoms with Crippen LogP contribution in [0.5, 0.6) is 0 Å². The molecule has 20 heavy (non-hydrogen) atoms. The van der Waals surface area contributed by atoms with Gasteiger partial charge in [0.2, 0.25) is 0 Å². The number of Topliss-reactive ketones (excluding diaryl/α,β-unsaturated/α-hetero) is 1. The van der Waals surface area contributed by atoms with Gasteiger partial charge in [-0.15, -0.1) is 0 Å². The Kier molecular flexibility index (Phi) is 5.61. The number of hydrogen-bond acceptors (Lipinski definition) is 4. The number of carbonyl (C=O) groups is 1. The first kappa shape index (κ1) is 16.0. The second kappa shape index (κ2) is 7.03. The molecule has 0 aromatic heterocycles. The molecule has 1 aliphatic carbocycles. The van der Waals surface area contributed by atoms with Gasteiger partial charge in [0.1, 0.15) is 15.6 Å². The van der Waals surface area contributed by atoms with Crippen LogP contribution in [0.1, 0.15) is 51.4 Å². The van der Waals surface area contributed by atoms with Crippen LogP contribution >= 0.6 is 0 Å². The Balaban J connectivity index is 1.79. The summed E-state index contributed by atoms with van der Waals surface area (Å²) in [6.45, 7) is 2.14. The summed E-state index contributed by atoms with van der Waals surface area (Å²) in [6, 6.07) is 0. The number of carbonyl (C=O) groups excluding carboxylic acids is 1. The largest absolute Gasteiger partial charge is 0.317 e. The van der Waals surface area contributed by atoms with Crippen molar-refractivity contribution in [2.24, 2.45) is 11.8 Å². The van der Waals surface area contributed by atoms with Gasteiger partial charge in [0.25, 0.3) is 0 Å². The minimum Gasteiger partial charge on any atom is -0.317 e. The lowest BCUT2D eigenvalue weighted by Gasteiger charge is -2.28. The van der Waals surface area contributed by atoms with Crippen molar-refractivity contribution >= 4 is 15.6 Å². The Bertz CT molecular complexity index is 426. The summed E-state index contributed by atoms with van der Waals surface area (Å²) in [5, 5.41) is 3.05. The van der Waals surface area contributed by atoms with E-state index in [0.717, 1.165) is 38.8 Å². The van der Waals surface area contributed by atoms with Crippen LogP contribution in [0.3, 0.4) is 0 Å². The Morgan fingerprint density at radius 1 is 1.15 bits per heavy atom. The van der Waals surface area contributed by atoms with Gasteiger partial charge in [0.05, 0.1) is 5.25 Å². The quantitative estimate of drug-likeness (QED) is 0.843. The Labute approximate surface area is 122 Å². The lowest BCUT2D eigenvalue weighted by Crippen LogP contribution is -2.32. The fourth-order valence-corrected chi connectivity index (χ4v) is 4.72. The van der Waals surface area contributed by atoms with Crippen molar-refractivity contribution in [1.29, 1.82) is 0 Å². The highest BCUT2D eigenvalue weighted by Gasteiger charge is 2.32. The average Bonchev–Trinajstić information content (AvgIpc) is 2.45. The third-order valence-electron chi connectivity index (χ3n) is 4.94. The van der Waals surface area contributed by atoms with Crippen LogP contribution in [0, 0.1) is 11.8 Å². The molecule has 1 N–H and O–H groups in total. The smallest absolute Gasteiger partial charge is 0.150 e. The zero-order chi connectivity index (χ0) is 14.6. The standard InChI is InChI=1S/C15H27NO3S/c1-20(18,19)14-4-2-3-13(11-14)15(17)6-5-12-7-9-16-10-8-12/h12-14,16H,2-11H2,1H3. The second-order valence-corrected chi connectivity index (χ2v) is 8.84. The van der Waals surface area contributed by atoms with Crippen molar-refractivity contribution in [2.45, 2.75) is 56.6 Å². The van der Waals surface area contributed by atoms with E-state index in [4.69, 9.17) is 0 Å². The summed E-state index contributed by atoms with van der Waals surface area (Å²) >= 11 is 0. The lowest BCUT2D eigenvalue weighted by molar-refractivity contribution is -0.124. The predicted molar refractivity (Wildman–Crippen MR) is 80.4 cm³/mol. The normalized spacial score (nSPS) is 29.2. The molecule has 1 saturated heterocycles. The zero-order valence-electron chi connectivity index (χ0n) is 12.4. The molecular weight excluding hydrogens is 274 g/mol. The molecule has 2 rings (SSSR count). The van der Waals surface area contributed by atoms with Gasteiger partial charge in [-0.3, -0.25) is 4.79 Å². The SMILES string of the molecule is CS(=O)(=O)C1CCCC(C(=O)CCC2CCNCC2)C1. The van der Waals surface area contributed by atoms with Gasteiger partial charge in [0, 0.05) is 18.6 Å². The molecule has 1 heterocycles. The Morgan fingerprint density at radius 2 is 1.85 bits per heavy atom. The highest BCUT2D eigenvalue weighted by Crippen LogP contribution is 2.31. The molecule has 2 atom stereocenters. The molecule has 116 valence electrons. The number of sulfone groups is 1. The van der Waals surface area contributed by atoms with Crippen LogP contribution in [0.4, 0.5) is 0 Å². The van der Waals surface area contributed by atoms with E-state index in [0.29, 0.717) is 24.5 Å². The summed E-state index contributed by atoms with van der Waals surface area (Å²) in [5.41, 5.74) is 0. The van der Waals surface area contributed by atoms with E-state index in [-0.39, 0.29) is 11.2 Å². The number of nitrogens with one attached hydrogen (secondary N) is 1.